The average Bonchev–Trinajstić information content (AvgIpc) is 3.37. The van der Waals surface area contributed by atoms with Gasteiger partial charge in [-0.1, -0.05) is 110 Å². The van der Waals surface area contributed by atoms with Crippen molar-refractivity contribution in [2.75, 3.05) is 26.9 Å². The van der Waals surface area contributed by atoms with Crippen molar-refractivity contribution < 1.29 is 48.3 Å². The van der Waals surface area contributed by atoms with Crippen LogP contribution in [0.3, 0.4) is 0 Å². The molecule has 368 valence electrons. The molecule has 2 bridgehead atoms. The van der Waals surface area contributed by atoms with E-state index in [0.717, 1.165) is 49.7 Å². The fourth-order valence-corrected chi connectivity index (χ4v) is 11.9. The number of hydrogen-bond donors (Lipinski definition) is 3. The molecule has 5 aliphatic rings. The number of hydrogen-bond acceptors (Lipinski definition) is 11. The Morgan fingerprint density at radius 3 is 2.34 bits per heavy atom. The summed E-state index contributed by atoms with van der Waals surface area (Å²) in [6.07, 6.45) is 8.94. The van der Waals surface area contributed by atoms with Crippen molar-refractivity contribution in [2.45, 2.75) is 127 Å². The maximum absolute atomic E-state index is 15.2. The Hall–Kier alpha value is -5.85. The molecule has 1 fully saturated rings. The van der Waals surface area contributed by atoms with Crippen LogP contribution in [-0.2, 0) is 43.2 Å². The lowest BCUT2D eigenvalue weighted by molar-refractivity contribution is -0.201. The highest BCUT2D eigenvalue weighted by Crippen LogP contribution is 2.53. The van der Waals surface area contributed by atoms with Crippen LogP contribution < -0.4 is 10.4 Å². The third-order valence-electron chi connectivity index (χ3n) is 15.7. The molecular weight excluding hydrogens is 885 g/mol. The number of carbonyl (C=O) groups is 2. The van der Waals surface area contributed by atoms with Gasteiger partial charge in [0.2, 0.25) is 0 Å². The Kier molecular flexibility index (Phi) is 15.2. The lowest BCUT2D eigenvalue weighted by Crippen LogP contribution is -2.58. The highest BCUT2D eigenvalue weighted by Gasteiger charge is 2.57. The zero-order valence-corrected chi connectivity index (χ0v) is 40.6. The molecule has 0 radical (unpaired) electrons. The monoisotopic (exact) mass is 950 g/mol. The number of aliphatic hydroxyl groups excluding tert-OH is 3. The van der Waals surface area contributed by atoms with Crippen molar-refractivity contribution in [3.8, 4) is 5.75 Å². The van der Waals surface area contributed by atoms with E-state index in [0.29, 0.717) is 40.7 Å². The van der Waals surface area contributed by atoms with Gasteiger partial charge in [-0.05, 0) is 116 Å². The molecule has 0 spiro atoms. The molecule has 5 aromatic rings. The summed E-state index contributed by atoms with van der Waals surface area (Å²) in [4.78, 5) is 44.4. The first-order chi connectivity index (χ1) is 34.0. The van der Waals surface area contributed by atoms with Crippen LogP contribution in [0, 0.1) is 11.8 Å². The highest BCUT2D eigenvalue weighted by molar-refractivity contribution is 5.90. The molecule has 11 nitrogen and oxygen atoms in total. The van der Waals surface area contributed by atoms with Crippen molar-refractivity contribution >= 4 is 22.9 Å². The Labute approximate surface area is 410 Å². The molecule has 0 saturated heterocycles. The highest BCUT2D eigenvalue weighted by atomic mass is 16.6. The smallest absolute Gasteiger partial charge is 0.340 e. The fourth-order valence-electron chi connectivity index (χ4n) is 11.9. The second-order valence-corrected chi connectivity index (χ2v) is 20.1. The molecule has 70 heavy (non-hydrogen) atoms. The fraction of sp³-hybridized carbons (Fsp3) is 0.441. The van der Waals surface area contributed by atoms with E-state index in [-0.39, 0.29) is 79.5 Å². The van der Waals surface area contributed by atoms with Gasteiger partial charge in [0.15, 0.2) is 12.2 Å². The van der Waals surface area contributed by atoms with Gasteiger partial charge in [-0.15, -0.1) is 0 Å². The first-order valence-corrected chi connectivity index (χ1v) is 25.1. The van der Waals surface area contributed by atoms with Gasteiger partial charge >= 0.3 is 17.6 Å². The van der Waals surface area contributed by atoms with Gasteiger partial charge in [0.05, 0.1) is 25.4 Å². The van der Waals surface area contributed by atoms with Crippen molar-refractivity contribution in [1.82, 2.24) is 0 Å². The molecule has 3 aliphatic heterocycles. The predicted molar refractivity (Wildman–Crippen MR) is 267 cm³/mol. The number of benzene rings is 4. The Bertz CT molecular complexity index is 2780. The molecular formula is C59H66O11. The molecule has 1 aromatic heterocycles. The van der Waals surface area contributed by atoms with Gasteiger partial charge in [0.1, 0.15) is 16.9 Å². The number of aryl methyl sites for hydroxylation is 1. The summed E-state index contributed by atoms with van der Waals surface area (Å²) in [6, 6.07) is 31.0. The summed E-state index contributed by atoms with van der Waals surface area (Å²) in [5.41, 5.74) is 5.28. The van der Waals surface area contributed by atoms with Gasteiger partial charge < -0.3 is 38.7 Å². The number of allylic oxidation sites excluding steroid dienone is 2. The summed E-state index contributed by atoms with van der Waals surface area (Å²) in [6.45, 7) is 2.62. The van der Waals surface area contributed by atoms with Crippen molar-refractivity contribution in [2.24, 2.45) is 11.8 Å². The Morgan fingerprint density at radius 1 is 0.843 bits per heavy atom. The minimum atomic E-state index is -1.31. The predicted octanol–water partition coefficient (Wildman–Crippen LogP) is 10.0. The van der Waals surface area contributed by atoms with E-state index in [2.05, 4.69) is 84.9 Å². The topological polar surface area (TPSA) is 162 Å². The number of fused-ring (bicyclic) bond motifs is 11. The summed E-state index contributed by atoms with van der Waals surface area (Å²) >= 11 is 0. The van der Waals surface area contributed by atoms with Crippen LogP contribution in [0.25, 0.3) is 11.0 Å². The van der Waals surface area contributed by atoms with Gasteiger partial charge in [0.25, 0.3) is 0 Å². The molecule has 4 aromatic carbocycles. The number of aliphatic hydroxyl groups is 3. The maximum Gasteiger partial charge on any atom is 0.340 e. The quantitative estimate of drug-likeness (QED) is 0.0500. The summed E-state index contributed by atoms with van der Waals surface area (Å²) in [5.74, 6) is -1.83. The van der Waals surface area contributed by atoms with Gasteiger partial charge in [-0.2, -0.15) is 0 Å². The van der Waals surface area contributed by atoms with E-state index in [9.17, 15) is 24.9 Å². The van der Waals surface area contributed by atoms with Gasteiger partial charge in [-0.3, -0.25) is 4.79 Å². The van der Waals surface area contributed by atoms with Crippen LogP contribution >= 0.6 is 0 Å². The first kappa shape index (κ1) is 49.1. The number of ether oxygens (including phenoxy) is 4. The van der Waals surface area contributed by atoms with Crippen molar-refractivity contribution in [3.05, 3.63) is 169 Å². The van der Waals surface area contributed by atoms with Gasteiger partial charge in [-0.25, -0.2) is 9.59 Å². The van der Waals surface area contributed by atoms with E-state index in [4.69, 9.17) is 23.4 Å². The second kappa shape index (κ2) is 21.6. The number of carbonyl (C=O) groups excluding carboxylic acids is 2. The zero-order chi connectivity index (χ0) is 48.9. The molecule has 11 heteroatoms. The SMILES string of the molecule is COC[C@@H](CCO)c1c(CO)c2ccc3c(c2oc1=O)[C@H]1OC(=O)C[C@H]2C[C@@H](c4cccc(Cc5ccccc5)c4)C=C[C@H]2c2ccc(cc2)CC/C(=C(\C)CO)C(=O)O[C@@H]1[C@](C)(C1CCCCC1)O3. The third-order valence-corrected chi connectivity index (χ3v) is 15.7. The van der Waals surface area contributed by atoms with E-state index in [1.807, 2.05) is 13.0 Å². The second-order valence-electron chi connectivity index (χ2n) is 20.1. The lowest BCUT2D eigenvalue weighted by atomic mass is 9.71. The molecule has 1 saturated carbocycles. The van der Waals surface area contributed by atoms with Crippen LogP contribution in [0.2, 0.25) is 0 Å². The third kappa shape index (κ3) is 10.0. The van der Waals surface area contributed by atoms with E-state index >= 15 is 4.79 Å². The zero-order valence-electron chi connectivity index (χ0n) is 40.6. The molecule has 0 amide bonds. The summed E-state index contributed by atoms with van der Waals surface area (Å²) in [5, 5.41) is 31.9. The maximum atomic E-state index is 15.2. The first-order valence-electron chi connectivity index (χ1n) is 25.1. The molecule has 2 aliphatic carbocycles. The summed E-state index contributed by atoms with van der Waals surface area (Å²) in [7, 11) is 1.50. The average molecular weight is 951 g/mol. The number of esters is 2. The molecule has 7 atom stereocenters. The van der Waals surface area contributed by atoms with Crippen LogP contribution in [0.15, 0.2) is 124 Å². The number of rotatable bonds is 11. The van der Waals surface area contributed by atoms with E-state index < -0.39 is 47.9 Å². The molecule has 3 N–H and O–H groups in total. The minimum absolute atomic E-state index is 0.0267. The van der Waals surface area contributed by atoms with Crippen LogP contribution in [0.5, 0.6) is 5.75 Å². The molecule has 0 unspecified atom stereocenters. The van der Waals surface area contributed by atoms with Crippen LogP contribution in [0.1, 0.15) is 140 Å². The van der Waals surface area contributed by atoms with Crippen molar-refractivity contribution in [1.29, 1.82) is 0 Å². The Balaban J connectivity index is 1.18. The molecule has 10 rings (SSSR count). The molecule has 4 heterocycles. The van der Waals surface area contributed by atoms with Crippen LogP contribution in [-0.4, -0.2) is 65.9 Å². The summed E-state index contributed by atoms with van der Waals surface area (Å²) < 4.78 is 32.5. The van der Waals surface area contributed by atoms with E-state index in [1.165, 1.54) is 23.8 Å². The number of methoxy groups -OCH3 is 1. The normalized spacial score (nSPS) is 25.3. The van der Waals surface area contributed by atoms with Crippen LogP contribution in [0.4, 0.5) is 0 Å². The largest absolute Gasteiger partial charge is 0.483 e. The Morgan fingerprint density at radius 2 is 1.61 bits per heavy atom. The van der Waals surface area contributed by atoms with Gasteiger partial charge in [0, 0.05) is 60.3 Å². The van der Waals surface area contributed by atoms with E-state index in [1.54, 1.807) is 19.1 Å². The van der Waals surface area contributed by atoms with Crippen molar-refractivity contribution in [3.63, 3.8) is 0 Å². The minimum Gasteiger partial charge on any atom is -0.483 e. The lowest BCUT2D eigenvalue weighted by Gasteiger charge is -2.50. The standard InChI is InChI=1S/C59H66O11/c1-36(33-61)46-23-19-37-17-20-40(21-18-37)47-24-22-42(41-14-10-13-39(30-41)29-38-11-6-4-7-12-38)31-44(47)32-51(63)67-55-53-50(70-59(2,56(55)69-57(46)64)45-15-8-5-9-16-45)26-25-48-49(34-62)52(58(65)68-54(48)53)43(27-28-60)35-66-3/h4,6-7,10-14,17-18,20-22,24-26,30,42-45,47,55-56,60-62H,5,8-9,15-16,19,23,27-29,31-35H2,1-3H3/b46-36-/t42-,43+,44+,47-,55+,56-,59-/m0/s1.